The van der Waals surface area contributed by atoms with Gasteiger partial charge < -0.3 is 15.5 Å². The van der Waals surface area contributed by atoms with E-state index in [9.17, 15) is 4.79 Å². The van der Waals surface area contributed by atoms with Crippen molar-refractivity contribution >= 4 is 34.1 Å². The van der Waals surface area contributed by atoms with E-state index in [4.69, 9.17) is 11.6 Å². The van der Waals surface area contributed by atoms with Gasteiger partial charge in [0.05, 0.1) is 5.52 Å². The number of anilines is 1. The van der Waals surface area contributed by atoms with Crippen LogP contribution in [0.5, 0.6) is 0 Å². The summed E-state index contributed by atoms with van der Waals surface area (Å²) in [6.07, 6.45) is 1.79. The molecule has 0 aliphatic heterocycles. The largest absolute Gasteiger partial charge is 0.383 e. The molecule has 0 aliphatic rings. The third-order valence-corrected chi connectivity index (χ3v) is 3.93. The summed E-state index contributed by atoms with van der Waals surface area (Å²) in [5.74, 6) is 0.0149. The number of nitrogens with zero attached hydrogens (tertiary/aromatic N) is 2. The van der Waals surface area contributed by atoms with Crippen LogP contribution in [0.2, 0.25) is 5.02 Å². The number of hydrogen-bond donors (Lipinski definition) is 2. The smallest absolute Gasteiger partial charge is 0.216 e. The first-order valence-corrected chi connectivity index (χ1v) is 8.23. The molecule has 1 aromatic carbocycles. The van der Waals surface area contributed by atoms with Gasteiger partial charge in [0.25, 0.3) is 0 Å². The fourth-order valence-electron chi connectivity index (χ4n) is 2.44. The van der Waals surface area contributed by atoms with E-state index in [1.807, 2.05) is 24.3 Å². The number of carbonyl (C=O) groups is 1. The summed E-state index contributed by atoms with van der Waals surface area (Å²) in [4.78, 5) is 17.5. The summed E-state index contributed by atoms with van der Waals surface area (Å²) in [5, 5.41) is 8.04. The number of fused-ring (bicyclic) bond motifs is 1. The summed E-state index contributed by atoms with van der Waals surface area (Å²) in [6, 6.07) is 7.71. The Hall–Kier alpha value is -1.85. The van der Waals surface area contributed by atoms with E-state index in [0.29, 0.717) is 11.6 Å². The van der Waals surface area contributed by atoms with Crippen LogP contribution in [0.4, 0.5) is 5.69 Å². The number of benzene rings is 1. The molecule has 5 nitrogen and oxygen atoms in total. The van der Waals surface area contributed by atoms with Crippen LogP contribution in [0.15, 0.2) is 30.5 Å². The summed E-state index contributed by atoms with van der Waals surface area (Å²) in [6.45, 7) is 7.89. The first-order valence-electron chi connectivity index (χ1n) is 7.85. The Labute approximate surface area is 142 Å². The molecule has 0 saturated carbocycles. The second kappa shape index (κ2) is 8.70. The van der Waals surface area contributed by atoms with E-state index in [1.54, 1.807) is 13.1 Å². The molecule has 124 valence electrons. The lowest BCUT2D eigenvalue weighted by molar-refractivity contribution is -0.119. The molecule has 0 unspecified atom stereocenters. The molecule has 0 spiro atoms. The monoisotopic (exact) mass is 334 g/mol. The third kappa shape index (κ3) is 5.37. The van der Waals surface area contributed by atoms with Gasteiger partial charge in [-0.25, -0.2) is 0 Å². The van der Waals surface area contributed by atoms with Gasteiger partial charge in [-0.05, 0) is 30.8 Å². The first kappa shape index (κ1) is 17.5. The van der Waals surface area contributed by atoms with Gasteiger partial charge in [0, 0.05) is 55.4 Å². The van der Waals surface area contributed by atoms with Crippen LogP contribution in [0.3, 0.4) is 0 Å². The standard InChI is InChI=1S/C17H23ClN4O/c1-3-22(10-8-19-13(2)23)11-9-21-16-6-7-20-17-12-14(18)4-5-15(16)17/h4-7,12H,3,8-11H2,1-2H3,(H,19,23)(H,20,21). The number of halogens is 1. The summed E-state index contributed by atoms with van der Waals surface area (Å²) in [5.41, 5.74) is 1.95. The number of amides is 1. The zero-order chi connectivity index (χ0) is 16.7. The van der Waals surface area contributed by atoms with Crippen LogP contribution in [0, 0.1) is 0 Å². The van der Waals surface area contributed by atoms with Gasteiger partial charge in [-0.3, -0.25) is 9.78 Å². The second-order valence-electron chi connectivity index (χ2n) is 5.36. The molecule has 0 radical (unpaired) electrons. The molecule has 0 bridgehead atoms. The number of rotatable bonds is 8. The minimum Gasteiger partial charge on any atom is -0.383 e. The molecule has 2 N–H and O–H groups in total. The van der Waals surface area contributed by atoms with Gasteiger partial charge in [0.15, 0.2) is 0 Å². The third-order valence-electron chi connectivity index (χ3n) is 3.70. The Kier molecular flexibility index (Phi) is 6.62. The highest BCUT2D eigenvalue weighted by molar-refractivity contribution is 6.31. The molecule has 1 aromatic heterocycles. The van der Waals surface area contributed by atoms with Crippen molar-refractivity contribution in [1.29, 1.82) is 0 Å². The maximum absolute atomic E-state index is 10.9. The molecule has 1 amide bonds. The average molecular weight is 335 g/mol. The van der Waals surface area contributed by atoms with E-state index in [-0.39, 0.29) is 5.91 Å². The van der Waals surface area contributed by atoms with Gasteiger partial charge in [-0.1, -0.05) is 18.5 Å². The van der Waals surface area contributed by atoms with Gasteiger partial charge in [-0.15, -0.1) is 0 Å². The highest BCUT2D eigenvalue weighted by atomic mass is 35.5. The minimum atomic E-state index is 0.0149. The fourth-order valence-corrected chi connectivity index (χ4v) is 2.61. The number of likely N-dealkylation sites (N-methyl/N-ethyl adjacent to an activating group) is 1. The van der Waals surface area contributed by atoms with Crippen LogP contribution >= 0.6 is 11.6 Å². The van der Waals surface area contributed by atoms with E-state index in [0.717, 1.165) is 42.8 Å². The molecule has 1 heterocycles. The lowest BCUT2D eigenvalue weighted by Crippen LogP contribution is -2.36. The van der Waals surface area contributed by atoms with E-state index >= 15 is 0 Å². The molecule has 6 heteroatoms. The average Bonchev–Trinajstić information content (AvgIpc) is 2.52. The van der Waals surface area contributed by atoms with Crippen LogP contribution < -0.4 is 10.6 Å². The van der Waals surface area contributed by atoms with Crippen LogP contribution in [0.1, 0.15) is 13.8 Å². The molecule has 2 rings (SSSR count). The molecular weight excluding hydrogens is 312 g/mol. The number of aromatic nitrogens is 1. The van der Waals surface area contributed by atoms with Gasteiger partial charge in [0.2, 0.25) is 5.91 Å². The quantitative estimate of drug-likeness (QED) is 0.779. The van der Waals surface area contributed by atoms with Crippen molar-refractivity contribution in [2.45, 2.75) is 13.8 Å². The Morgan fingerprint density at radius 1 is 1.26 bits per heavy atom. The molecular formula is C17H23ClN4O. The lowest BCUT2D eigenvalue weighted by Gasteiger charge is -2.21. The number of pyridine rings is 1. The van der Waals surface area contributed by atoms with Crippen molar-refractivity contribution in [1.82, 2.24) is 15.2 Å². The number of carbonyl (C=O) groups excluding carboxylic acids is 1. The van der Waals surface area contributed by atoms with E-state index < -0.39 is 0 Å². The first-order chi connectivity index (χ1) is 11.1. The Bertz CT molecular complexity index is 662. The SMILES string of the molecule is CCN(CCNC(C)=O)CCNc1ccnc2cc(Cl)ccc12. The van der Waals surface area contributed by atoms with Crippen molar-refractivity contribution in [2.75, 3.05) is 38.0 Å². The van der Waals surface area contributed by atoms with Crippen molar-refractivity contribution in [3.63, 3.8) is 0 Å². The zero-order valence-electron chi connectivity index (χ0n) is 13.6. The van der Waals surface area contributed by atoms with Crippen LogP contribution in [0.25, 0.3) is 10.9 Å². The van der Waals surface area contributed by atoms with Crippen molar-refractivity contribution in [3.05, 3.63) is 35.5 Å². The van der Waals surface area contributed by atoms with Gasteiger partial charge in [0.1, 0.15) is 0 Å². The Morgan fingerprint density at radius 3 is 2.78 bits per heavy atom. The highest BCUT2D eigenvalue weighted by Crippen LogP contribution is 2.24. The predicted molar refractivity (Wildman–Crippen MR) is 96.0 cm³/mol. The summed E-state index contributed by atoms with van der Waals surface area (Å²) >= 11 is 6.01. The van der Waals surface area contributed by atoms with Crippen molar-refractivity contribution in [2.24, 2.45) is 0 Å². The van der Waals surface area contributed by atoms with Crippen LogP contribution in [-0.4, -0.2) is 48.5 Å². The molecule has 2 aromatic rings. The second-order valence-corrected chi connectivity index (χ2v) is 5.80. The predicted octanol–water partition coefficient (Wildman–Crippen LogP) is 2.76. The summed E-state index contributed by atoms with van der Waals surface area (Å²) < 4.78 is 0. The molecule has 0 saturated heterocycles. The molecule has 0 aliphatic carbocycles. The summed E-state index contributed by atoms with van der Waals surface area (Å²) in [7, 11) is 0. The van der Waals surface area contributed by atoms with Gasteiger partial charge in [-0.2, -0.15) is 0 Å². The number of hydrogen-bond acceptors (Lipinski definition) is 4. The maximum atomic E-state index is 10.9. The maximum Gasteiger partial charge on any atom is 0.216 e. The minimum absolute atomic E-state index is 0.0149. The zero-order valence-corrected chi connectivity index (χ0v) is 14.4. The molecule has 0 fully saturated rings. The van der Waals surface area contributed by atoms with Crippen LogP contribution in [-0.2, 0) is 4.79 Å². The molecule has 0 atom stereocenters. The van der Waals surface area contributed by atoms with Gasteiger partial charge >= 0.3 is 0 Å². The normalized spacial score (nSPS) is 11.0. The Morgan fingerprint density at radius 2 is 2.04 bits per heavy atom. The topological polar surface area (TPSA) is 57.3 Å². The lowest BCUT2D eigenvalue weighted by atomic mass is 10.2. The number of nitrogens with one attached hydrogen (secondary N) is 2. The van der Waals surface area contributed by atoms with Crippen molar-refractivity contribution < 1.29 is 4.79 Å². The van der Waals surface area contributed by atoms with E-state index in [1.165, 1.54) is 0 Å². The van der Waals surface area contributed by atoms with Crippen molar-refractivity contribution in [3.8, 4) is 0 Å². The Balaban J connectivity index is 1.89. The molecule has 23 heavy (non-hydrogen) atoms. The van der Waals surface area contributed by atoms with E-state index in [2.05, 4.69) is 27.4 Å². The fraction of sp³-hybridized carbons (Fsp3) is 0.412. The highest BCUT2D eigenvalue weighted by Gasteiger charge is 2.05.